The van der Waals surface area contributed by atoms with Crippen LogP contribution in [0, 0.1) is 0 Å². The molecule has 0 heterocycles. The molecule has 0 aliphatic rings. The van der Waals surface area contributed by atoms with Gasteiger partial charge in [-0.15, -0.1) is 0 Å². The van der Waals surface area contributed by atoms with Crippen molar-refractivity contribution in [3.63, 3.8) is 0 Å². The second-order valence-corrected chi connectivity index (χ2v) is 1.54. The first-order chi connectivity index (χ1) is 4.72. The predicted molar refractivity (Wildman–Crippen MR) is 37.5 cm³/mol. The number of carbonyl (C=O) groups is 1. The van der Waals surface area contributed by atoms with Crippen molar-refractivity contribution in [3.8, 4) is 0 Å². The van der Waals surface area contributed by atoms with Gasteiger partial charge in [0.15, 0.2) is 11.5 Å². The van der Waals surface area contributed by atoms with Gasteiger partial charge in [-0.2, -0.15) is 0 Å². The molecule has 0 atom stereocenters. The Balaban J connectivity index is 3.93. The van der Waals surface area contributed by atoms with Crippen molar-refractivity contribution in [1.82, 2.24) is 0 Å². The number of allylic oxidation sites excluding steroid dienone is 1. The molecule has 0 rings (SSSR count). The highest BCUT2D eigenvalue weighted by Gasteiger charge is 1.97. The lowest BCUT2D eigenvalue weighted by atomic mass is 10.4. The van der Waals surface area contributed by atoms with Crippen LogP contribution in [0.2, 0.25) is 0 Å². The molecule has 0 bridgehead atoms. The van der Waals surface area contributed by atoms with E-state index in [1.165, 1.54) is 0 Å². The third kappa shape index (κ3) is 2.91. The molecule has 0 aliphatic heterocycles. The number of carbonyl (C=O) groups excluding carboxylic acids is 1. The smallest absolute Gasteiger partial charge is 0.160 e. The zero-order valence-electron chi connectivity index (χ0n) is 5.83. The zero-order chi connectivity index (χ0) is 7.98. The second kappa shape index (κ2) is 4.61. The van der Waals surface area contributed by atoms with E-state index in [2.05, 4.69) is 6.58 Å². The van der Waals surface area contributed by atoms with Crippen molar-refractivity contribution in [2.24, 2.45) is 0 Å². The van der Waals surface area contributed by atoms with E-state index in [9.17, 15) is 4.79 Å². The fraction of sp³-hybridized carbons (Fsp3) is 0.286. The van der Waals surface area contributed by atoms with Crippen LogP contribution in [-0.2, 0) is 9.53 Å². The van der Waals surface area contributed by atoms with Gasteiger partial charge in [0.2, 0.25) is 0 Å². The van der Waals surface area contributed by atoms with Gasteiger partial charge in [0.25, 0.3) is 0 Å². The quantitative estimate of drug-likeness (QED) is 0.277. The van der Waals surface area contributed by atoms with Crippen molar-refractivity contribution in [3.05, 3.63) is 24.2 Å². The first kappa shape index (κ1) is 8.75. The van der Waals surface area contributed by atoms with Gasteiger partial charge in [-0.25, -0.2) is 0 Å². The van der Waals surface area contributed by atoms with Crippen LogP contribution in [0.25, 0.3) is 0 Å². The number of aldehydes is 1. The first-order valence-electron chi connectivity index (χ1n) is 2.88. The van der Waals surface area contributed by atoms with E-state index >= 15 is 0 Å². The van der Waals surface area contributed by atoms with E-state index in [1.807, 2.05) is 0 Å². The van der Waals surface area contributed by atoms with E-state index in [-0.39, 0.29) is 11.5 Å². The Bertz CT molecular complexity index is 158. The van der Waals surface area contributed by atoms with Gasteiger partial charge in [-0.05, 0) is 6.92 Å². The van der Waals surface area contributed by atoms with E-state index in [0.29, 0.717) is 12.9 Å². The van der Waals surface area contributed by atoms with Gasteiger partial charge >= 0.3 is 0 Å². The average Bonchev–Trinajstić information content (AvgIpc) is 1.89. The fourth-order valence-corrected chi connectivity index (χ4v) is 0.406. The highest BCUT2D eigenvalue weighted by molar-refractivity contribution is 5.66. The molecular weight excluding hydrogens is 132 g/mol. The van der Waals surface area contributed by atoms with Gasteiger partial charge in [-0.1, -0.05) is 6.58 Å². The topological polar surface area (TPSA) is 46.5 Å². The molecule has 0 radical (unpaired) electrons. The Morgan fingerprint density at radius 1 is 1.80 bits per heavy atom. The molecule has 1 N–H and O–H groups in total. The molecule has 0 aliphatic carbocycles. The Labute approximate surface area is 59.6 Å². The molecule has 56 valence electrons. The number of aliphatic hydroxyl groups is 1. The van der Waals surface area contributed by atoms with Crippen LogP contribution in [0.1, 0.15) is 6.92 Å². The summed E-state index contributed by atoms with van der Waals surface area (Å²) in [6.07, 6.45) is 1.46. The van der Waals surface area contributed by atoms with Gasteiger partial charge in [0.1, 0.15) is 6.29 Å². The molecule has 0 spiro atoms. The van der Waals surface area contributed by atoms with Crippen LogP contribution in [-0.4, -0.2) is 18.0 Å². The summed E-state index contributed by atoms with van der Waals surface area (Å²) in [5, 5.41) is 8.85. The van der Waals surface area contributed by atoms with E-state index in [4.69, 9.17) is 9.84 Å². The molecule has 0 fully saturated rings. The molecule has 10 heavy (non-hydrogen) atoms. The molecule has 0 aromatic carbocycles. The second-order valence-electron chi connectivity index (χ2n) is 1.54. The van der Waals surface area contributed by atoms with Crippen LogP contribution >= 0.6 is 0 Å². The van der Waals surface area contributed by atoms with Crippen molar-refractivity contribution in [1.29, 1.82) is 0 Å². The Morgan fingerprint density at radius 3 is 2.80 bits per heavy atom. The van der Waals surface area contributed by atoms with Gasteiger partial charge in [-0.3, -0.25) is 4.79 Å². The van der Waals surface area contributed by atoms with E-state index < -0.39 is 0 Å². The monoisotopic (exact) mass is 142 g/mol. The predicted octanol–water partition coefficient (Wildman–Crippen LogP) is 1.18. The normalized spacial score (nSPS) is 10.7. The molecular formula is C7H10O3. The average molecular weight is 142 g/mol. The minimum Gasteiger partial charge on any atom is -0.504 e. The van der Waals surface area contributed by atoms with Crippen molar-refractivity contribution >= 4 is 6.29 Å². The summed E-state index contributed by atoms with van der Waals surface area (Å²) in [6, 6.07) is 0. The summed E-state index contributed by atoms with van der Waals surface area (Å²) in [6.45, 7) is 5.55. The summed E-state index contributed by atoms with van der Waals surface area (Å²) in [4.78, 5) is 9.79. The maximum Gasteiger partial charge on any atom is 0.160 e. The van der Waals surface area contributed by atoms with E-state index in [1.54, 1.807) is 6.92 Å². The number of hydrogen-bond acceptors (Lipinski definition) is 3. The number of hydrogen-bond donors (Lipinski definition) is 1. The van der Waals surface area contributed by atoms with Crippen LogP contribution in [0.5, 0.6) is 0 Å². The number of aliphatic hydroxyl groups excluding tert-OH is 1. The van der Waals surface area contributed by atoms with Gasteiger partial charge in [0, 0.05) is 6.08 Å². The Kier molecular flexibility index (Phi) is 4.04. The van der Waals surface area contributed by atoms with Crippen LogP contribution in [0.3, 0.4) is 0 Å². The van der Waals surface area contributed by atoms with Crippen LogP contribution < -0.4 is 0 Å². The standard InChI is InChI=1S/C7H10O3/c1-3-10-6(2)7(9)4-5-8/h4-5,9H,2-3H2,1H3/b7-4+. The molecule has 3 nitrogen and oxygen atoms in total. The zero-order valence-corrected chi connectivity index (χ0v) is 5.83. The lowest BCUT2D eigenvalue weighted by Gasteiger charge is -2.03. The summed E-state index contributed by atoms with van der Waals surface area (Å²) in [7, 11) is 0. The molecule has 0 saturated carbocycles. The molecule has 3 heteroatoms. The van der Waals surface area contributed by atoms with Gasteiger partial charge in [0.05, 0.1) is 6.61 Å². The van der Waals surface area contributed by atoms with Crippen molar-refractivity contribution < 1.29 is 14.6 Å². The minimum absolute atomic E-state index is 0.120. The third-order valence-electron chi connectivity index (χ3n) is 0.830. The number of ether oxygens (including phenoxy) is 1. The maximum atomic E-state index is 9.79. The third-order valence-corrected chi connectivity index (χ3v) is 0.830. The van der Waals surface area contributed by atoms with Crippen molar-refractivity contribution in [2.75, 3.05) is 6.61 Å². The lowest BCUT2D eigenvalue weighted by Crippen LogP contribution is -1.93. The number of rotatable bonds is 4. The van der Waals surface area contributed by atoms with Crippen molar-refractivity contribution in [2.45, 2.75) is 6.92 Å². The summed E-state index contributed by atoms with van der Waals surface area (Å²) in [5.74, 6) is -0.105. The van der Waals surface area contributed by atoms with E-state index in [0.717, 1.165) is 6.08 Å². The highest BCUT2D eigenvalue weighted by Crippen LogP contribution is 2.03. The highest BCUT2D eigenvalue weighted by atomic mass is 16.5. The Hall–Kier alpha value is -1.25. The fourth-order valence-electron chi connectivity index (χ4n) is 0.406. The maximum absolute atomic E-state index is 9.79. The molecule has 0 aromatic rings. The molecule has 0 aromatic heterocycles. The molecule has 0 saturated heterocycles. The van der Waals surface area contributed by atoms with Crippen LogP contribution in [0.4, 0.5) is 0 Å². The summed E-state index contributed by atoms with van der Waals surface area (Å²) < 4.78 is 4.78. The largest absolute Gasteiger partial charge is 0.504 e. The molecule has 0 amide bonds. The summed E-state index contributed by atoms with van der Waals surface area (Å²) in [5.41, 5.74) is 0. The van der Waals surface area contributed by atoms with Crippen LogP contribution in [0.15, 0.2) is 24.2 Å². The molecule has 0 unspecified atom stereocenters. The minimum atomic E-state index is -0.225. The van der Waals surface area contributed by atoms with Gasteiger partial charge < -0.3 is 9.84 Å². The SMILES string of the molecule is C=C(OCC)/C(O)=C\C=O. The lowest BCUT2D eigenvalue weighted by molar-refractivity contribution is -0.104. The Morgan fingerprint density at radius 2 is 2.40 bits per heavy atom. The summed E-state index contributed by atoms with van der Waals surface area (Å²) >= 11 is 0. The first-order valence-corrected chi connectivity index (χ1v) is 2.88.